The van der Waals surface area contributed by atoms with Crippen molar-refractivity contribution in [2.24, 2.45) is 0 Å². The van der Waals surface area contributed by atoms with E-state index in [2.05, 4.69) is 4.90 Å². The van der Waals surface area contributed by atoms with Gasteiger partial charge in [-0.25, -0.2) is 14.6 Å². The lowest BCUT2D eigenvalue weighted by Gasteiger charge is -2.39. The highest BCUT2D eigenvalue weighted by atomic mass is 16.6. The van der Waals surface area contributed by atoms with Crippen LogP contribution in [-0.2, 0) is 28.3 Å². The van der Waals surface area contributed by atoms with E-state index >= 15 is 0 Å². The van der Waals surface area contributed by atoms with Gasteiger partial charge in [0.25, 0.3) is 5.56 Å². The number of aryl methyl sites for hydroxylation is 1. The number of piperidine rings is 2. The van der Waals surface area contributed by atoms with Crippen LogP contribution in [0.15, 0.2) is 29.1 Å². The average molecular weight is 573 g/mol. The summed E-state index contributed by atoms with van der Waals surface area (Å²) in [6.07, 6.45) is 5.57. The Balaban J connectivity index is 1.14. The molecule has 1 N–H and O–H groups in total. The molecule has 2 fully saturated rings. The first-order valence-electron chi connectivity index (χ1n) is 15.1. The fourth-order valence-electron chi connectivity index (χ4n) is 7.14. The lowest BCUT2D eigenvalue weighted by molar-refractivity contribution is -0.172. The largest absolute Gasteiger partial charge is 0.458 e. The van der Waals surface area contributed by atoms with Gasteiger partial charge in [-0.15, -0.1) is 0 Å². The number of carbonyl (C=O) groups excluding carboxylic acids is 2. The van der Waals surface area contributed by atoms with Gasteiger partial charge < -0.3 is 28.9 Å². The van der Waals surface area contributed by atoms with Crippen LogP contribution in [0.4, 0.5) is 4.79 Å². The number of rotatable bonds is 3. The van der Waals surface area contributed by atoms with Gasteiger partial charge in [0.1, 0.15) is 12.4 Å². The zero-order valence-electron chi connectivity index (χ0n) is 24.1. The number of benzene rings is 1. The van der Waals surface area contributed by atoms with E-state index in [9.17, 15) is 19.5 Å². The molecular formula is C32H36N4O6. The van der Waals surface area contributed by atoms with Crippen LogP contribution in [0.1, 0.15) is 67.7 Å². The first kappa shape index (κ1) is 27.1. The quantitative estimate of drug-likeness (QED) is 0.369. The Kier molecular flexibility index (Phi) is 6.58. The molecule has 1 unspecified atom stereocenters. The fourth-order valence-corrected chi connectivity index (χ4v) is 7.14. The summed E-state index contributed by atoms with van der Waals surface area (Å²) in [6.45, 7) is 7.48. The number of likely N-dealkylation sites (tertiary alicyclic amines) is 2. The van der Waals surface area contributed by atoms with Gasteiger partial charge in [0.15, 0.2) is 5.60 Å². The van der Waals surface area contributed by atoms with E-state index in [0.29, 0.717) is 59.5 Å². The minimum absolute atomic E-state index is 0.0941. The van der Waals surface area contributed by atoms with Crippen LogP contribution >= 0.6 is 0 Å². The molecule has 1 atom stereocenters. The number of nitrogens with zero attached hydrogens (tertiary/aromatic N) is 4. The van der Waals surface area contributed by atoms with Crippen molar-refractivity contribution >= 4 is 23.0 Å². The van der Waals surface area contributed by atoms with Gasteiger partial charge in [0, 0.05) is 41.2 Å². The molecule has 0 spiro atoms. The van der Waals surface area contributed by atoms with E-state index < -0.39 is 11.6 Å². The van der Waals surface area contributed by atoms with Crippen LogP contribution in [0, 0.1) is 6.92 Å². The Morgan fingerprint density at radius 3 is 2.62 bits per heavy atom. The van der Waals surface area contributed by atoms with Gasteiger partial charge in [-0.3, -0.25) is 4.79 Å². The van der Waals surface area contributed by atoms with E-state index in [4.69, 9.17) is 14.5 Å². The van der Waals surface area contributed by atoms with Crippen molar-refractivity contribution < 1.29 is 24.2 Å². The maximum atomic E-state index is 13.4. The Morgan fingerprint density at radius 2 is 1.88 bits per heavy atom. The Morgan fingerprint density at radius 1 is 1.12 bits per heavy atom. The van der Waals surface area contributed by atoms with E-state index in [1.165, 1.54) is 32.4 Å². The van der Waals surface area contributed by atoms with Gasteiger partial charge in [-0.1, -0.05) is 13.3 Å². The van der Waals surface area contributed by atoms with Crippen LogP contribution in [0.2, 0.25) is 0 Å². The summed E-state index contributed by atoms with van der Waals surface area (Å²) in [5.41, 5.74) is 2.01. The molecule has 42 heavy (non-hydrogen) atoms. The fraction of sp³-hybridized carbons (Fsp3) is 0.500. The van der Waals surface area contributed by atoms with E-state index in [-0.39, 0.29) is 24.7 Å². The highest BCUT2D eigenvalue weighted by Crippen LogP contribution is 2.39. The van der Waals surface area contributed by atoms with Crippen LogP contribution in [0.25, 0.3) is 22.3 Å². The van der Waals surface area contributed by atoms with Crippen molar-refractivity contribution in [2.75, 3.05) is 26.2 Å². The number of aliphatic hydroxyl groups is 1. The van der Waals surface area contributed by atoms with E-state index in [1.807, 2.05) is 24.0 Å². The summed E-state index contributed by atoms with van der Waals surface area (Å²) in [4.78, 5) is 48.3. The number of hydrogen-bond acceptors (Lipinski definition) is 8. The minimum atomic E-state index is -1.86. The van der Waals surface area contributed by atoms with Gasteiger partial charge in [-0.2, -0.15) is 0 Å². The second-order valence-corrected chi connectivity index (χ2v) is 12.0. The van der Waals surface area contributed by atoms with E-state index in [1.54, 1.807) is 23.6 Å². The second kappa shape index (κ2) is 10.2. The standard InChI is InChI=1S/C32H36N4O6/c1-3-32(40)24-16-26-28-20(17-36(26)29(37)23(24)18-41-30(32)38)15-22-19(2)27(8-7-25(22)33-28)42-31(39)35-13-9-21(10-14-35)34-11-5-4-6-12-34/h7-8,15-16,21,40H,3-6,9-14,17-18H2,1-2H3. The van der Waals surface area contributed by atoms with Gasteiger partial charge >= 0.3 is 12.1 Å². The number of cyclic esters (lactones) is 1. The minimum Gasteiger partial charge on any atom is -0.458 e. The SMILES string of the molecule is CCC1(O)C(=O)OCc2c1cc1n(c2=O)Cc2cc3c(C)c(OC(=O)N4CCC(N5CCCCC5)CC4)ccc3nc2-1. The van der Waals surface area contributed by atoms with E-state index in [0.717, 1.165) is 29.4 Å². The number of pyridine rings is 2. The Hall–Kier alpha value is -3.76. The third-order valence-corrected chi connectivity index (χ3v) is 9.74. The molecule has 1 aromatic carbocycles. The van der Waals surface area contributed by atoms with Crippen molar-refractivity contribution in [1.29, 1.82) is 0 Å². The zero-order chi connectivity index (χ0) is 29.2. The first-order chi connectivity index (χ1) is 20.3. The molecule has 4 aliphatic rings. The molecule has 7 rings (SSSR count). The number of aromatic nitrogens is 2. The molecule has 2 aromatic heterocycles. The van der Waals surface area contributed by atoms with Crippen molar-refractivity contribution in [3.8, 4) is 17.1 Å². The molecule has 0 bridgehead atoms. The maximum absolute atomic E-state index is 13.4. The van der Waals surface area contributed by atoms with Crippen molar-refractivity contribution in [1.82, 2.24) is 19.4 Å². The Bertz CT molecular complexity index is 1670. The van der Waals surface area contributed by atoms with Gasteiger partial charge in [0.05, 0.1) is 29.0 Å². The predicted molar refractivity (Wildman–Crippen MR) is 155 cm³/mol. The molecule has 0 saturated carbocycles. The number of ether oxygens (including phenoxy) is 2. The summed E-state index contributed by atoms with van der Waals surface area (Å²) >= 11 is 0. The molecule has 6 heterocycles. The molecule has 1 amide bonds. The number of amides is 1. The first-order valence-corrected chi connectivity index (χ1v) is 15.1. The van der Waals surface area contributed by atoms with Crippen LogP contribution < -0.4 is 10.3 Å². The molecule has 3 aromatic rings. The van der Waals surface area contributed by atoms with Crippen LogP contribution in [-0.4, -0.2) is 68.7 Å². The molecule has 10 heteroatoms. The van der Waals surface area contributed by atoms with Crippen molar-refractivity contribution in [3.05, 3.63) is 56.9 Å². The zero-order valence-corrected chi connectivity index (χ0v) is 24.1. The smallest absolute Gasteiger partial charge is 0.415 e. The number of hydrogen-bond donors (Lipinski definition) is 1. The number of esters is 1. The normalized spacial score (nSPS) is 22.5. The summed E-state index contributed by atoms with van der Waals surface area (Å²) in [7, 11) is 0. The van der Waals surface area contributed by atoms with Crippen molar-refractivity contribution in [3.63, 3.8) is 0 Å². The summed E-state index contributed by atoms with van der Waals surface area (Å²) in [5, 5.41) is 11.9. The van der Waals surface area contributed by atoms with Crippen LogP contribution in [0.5, 0.6) is 5.75 Å². The van der Waals surface area contributed by atoms with Gasteiger partial charge in [-0.05, 0) is 76.4 Å². The van der Waals surface area contributed by atoms with Crippen molar-refractivity contribution in [2.45, 2.75) is 77.2 Å². The third-order valence-electron chi connectivity index (χ3n) is 9.74. The predicted octanol–water partition coefficient (Wildman–Crippen LogP) is 3.84. The summed E-state index contributed by atoms with van der Waals surface area (Å²) in [6, 6.07) is 7.86. The topological polar surface area (TPSA) is 114 Å². The third kappa shape index (κ3) is 4.22. The molecule has 220 valence electrons. The molecule has 4 aliphatic heterocycles. The number of carbonyl (C=O) groups is 2. The lowest BCUT2D eigenvalue weighted by atomic mass is 9.86. The molecule has 0 radical (unpaired) electrons. The van der Waals surface area contributed by atoms with Crippen LogP contribution in [0.3, 0.4) is 0 Å². The Labute approximate surface area is 243 Å². The average Bonchev–Trinajstić information content (AvgIpc) is 3.38. The highest BCUT2D eigenvalue weighted by molar-refractivity contribution is 5.90. The molecule has 0 aliphatic carbocycles. The monoisotopic (exact) mass is 572 g/mol. The number of fused-ring (bicyclic) bond motifs is 5. The molecule has 2 saturated heterocycles. The summed E-state index contributed by atoms with van der Waals surface area (Å²) < 4.78 is 12.7. The summed E-state index contributed by atoms with van der Waals surface area (Å²) in [5.74, 6) is -0.241. The maximum Gasteiger partial charge on any atom is 0.415 e. The van der Waals surface area contributed by atoms with Gasteiger partial charge in [0.2, 0.25) is 0 Å². The molecular weight excluding hydrogens is 536 g/mol. The second-order valence-electron chi connectivity index (χ2n) is 12.0. The lowest BCUT2D eigenvalue weighted by Crippen LogP contribution is -2.48. The highest BCUT2D eigenvalue weighted by Gasteiger charge is 2.45. The molecule has 10 nitrogen and oxygen atoms in total.